The van der Waals surface area contributed by atoms with E-state index in [1.54, 1.807) is 0 Å². The lowest BCUT2D eigenvalue weighted by molar-refractivity contribution is -0.109. The zero-order valence-electron chi connectivity index (χ0n) is 13.3. The Balaban J connectivity index is 2.38. The lowest BCUT2D eigenvalue weighted by Gasteiger charge is -2.30. The van der Waals surface area contributed by atoms with E-state index in [4.69, 9.17) is 27.9 Å². The molecule has 0 unspecified atom stereocenters. The highest BCUT2D eigenvalue weighted by Crippen LogP contribution is 2.36. The molecule has 1 aromatic rings. The Morgan fingerprint density at radius 2 is 2.00 bits per heavy atom. The minimum Gasteiger partial charge on any atom is -0.378 e. The van der Waals surface area contributed by atoms with Crippen molar-refractivity contribution in [3.05, 3.63) is 27.7 Å². The SMILES string of the molecule is CC[C@@H](C)/C(=N\NC=O)c1cc(Cl)c(N2CCOCC2)c(Cl)c1. The summed E-state index contributed by atoms with van der Waals surface area (Å²) in [7, 11) is 0. The maximum atomic E-state index is 10.6. The topological polar surface area (TPSA) is 53.9 Å². The van der Waals surface area contributed by atoms with Crippen LogP contribution in [-0.4, -0.2) is 38.4 Å². The molecule has 126 valence electrons. The van der Waals surface area contributed by atoms with Crippen LogP contribution in [0, 0.1) is 5.92 Å². The monoisotopic (exact) mass is 357 g/mol. The molecular weight excluding hydrogens is 337 g/mol. The van der Waals surface area contributed by atoms with E-state index in [2.05, 4.69) is 22.4 Å². The maximum absolute atomic E-state index is 10.6. The Morgan fingerprint density at radius 1 is 1.39 bits per heavy atom. The van der Waals surface area contributed by atoms with Gasteiger partial charge in [0.1, 0.15) is 0 Å². The smallest absolute Gasteiger partial charge is 0.227 e. The van der Waals surface area contributed by atoms with Crippen LogP contribution < -0.4 is 10.3 Å². The van der Waals surface area contributed by atoms with Crippen molar-refractivity contribution in [3.63, 3.8) is 0 Å². The first-order valence-electron chi connectivity index (χ1n) is 7.67. The summed E-state index contributed by atoms with van der Waals surface area (Å²) in [4.78, 5) is 12.7. The minimum atomic E-state index is 0.170. The molecule has 7 heteroatoms. The number of hydrazone groups is 1. The fourth-order valence-corrected chi connectivity index (χ4v) is 3.28. The standard InChI is InChI=1S/C16H21Cl2N3O2/c1-3-11(2)15(20-19-10-22)12-8-13(17)16(14(18)9-12)21-4-6-23-7-5-21/h8-11H,3-7H2,1-2H3,(H,19,22)/b20-15+/t11-/m1/s1. The largest absolute Gasteiger partial charge is 0.378 e. The minimum absolute atomic E-state index is 0.170. The van der Waals surface area contributed by atoms with Crippen molar-refractivity contribution in [1.29, 1.82) is 0 Å². The highest BCUT2D eigenvalue weighted by molar-refractivity contribution is 6.39. The van der Waals surface area contributed by atoms with Gasteiger partial charge in [0.15, 0.2) is 0 Å². The zero-order valence-corrected chi connectivity index (χ0v) is 14.8. The molecule has 1 aromatic carbocycles. The van der Waals surface area contributed by atoms with Crippen LogP contribution in [0.1, 0.15) is 25.8 Å². The van der Waals surface area contributed by atoms with Crippen molar-refractivity contribution in [2.45, 2.75) is 20.3 Å². The molecule has 1 aliphatic heterocycles. The molecule has 1 fully saturated rings. The Labute approximate surface area is 146 Å². The van der Waals surface area contributed by atoms with Crippen LogP contribution in [0.2, 0.25) is 10.0 Å². The molecule has 1 atom stereocenters. The van der Waals surface area contributed by atoms with Crippen LogP contribution in [0.3, 0.4) is 0 Å². The van der Waals surface area contributed by atoms with Gasteiger partial charge in [-0.3, -0.25) is 4.79 Å². The molecule has 23 heavy (non-hydrogen) atoms. The molecule has 1 saturated heterocycles. The van der Waals surface area contributed by atoms with Crippen LogP contribution in [0.5, 0.6) is 0 Å². The molecule has 5 nitrogen and oxygen atoms in total. The number of anilines is 1. The first-order valence-corrected chi connectivity index (χ1v) is 8.42. The molecule has 0 aliphatic carbocycles. The van der Waals surface area contributed by atoms with Crippen molar-refractivity contribution in [3.8, 4) is 0 Å². The summed E-state index contributed by atoms with van der Waals surface area (Å²) < 4.78 is 5.36. The Morgan fingerprint density at radius 3 is 2.52 bits per heavy atom. The molecule has 0 saturated carbocycles. The average molecular weight is 358 g/mol. The van der Waals surface area contributed by atoms with Gasteiger partial charge >= 0.3 is 0 Å². The normalized spacial score (nSPS) is 17.0. The second-order valence-electron chi connectivity index (χ2n) is 5.44. The van der Waals surface area contributed by atoms with Gasteiger partial charge in [-0.2, -0.15) is 5.10 Å². The van der Waals surface area contributed by atoms with E-state index in [-0.39, 0.29) is 5.92 Å². The van der Waals surface area contributed by atoms with Gasteiger partial charge in [-0.05, 0) is 18.6 Å². The van der Waals surface area contributed by atoms with Gasteiger partial charge in [-0.25, -0.2) is 5.43 Å². The number of ether oxygens (including phenoxy) is 1. The number of rotatable bonds is 6. The second-order valence-corrected chi connectivity index (χ2v) is 6.26. The van der Waals surface area contributed by atoms with Crippen LogP contribution in [0.4, 0.5) is 5.69 Å². The lowest BCUT2D eigenvalue weighted by atomic mass is 9.96. The number of carbonyl (C=O) groups excluding carboxylic acids is 1. The van der Waals surface area contributed by atoms with E-state index < -0.39 is 0 Å². The fourth-order valence-electron chi connectivity index (χ4n) is 2.55. The number of morpholine rings is 1. The van der Waals surface area contributed by atoms with E-state index in [0.717, 1.165) is 36.5 Å². The van der Waals surface area contributed by atoms with E-state index in [0.29, 0.717) is 29.7 Å². The first-order chi connectivity index (χ1) is 11.1. The number of amides is 1. The molecule has 0 aromatic heterocycles. The predicted molar refractivity (Wildman–Crippen MR) is 94.7 cm³/mol. The van der Waals surface area contributed by atoms with Crippen molar-refractivity contribution in [2.24, 2.45) is 11.0 Å². The summed E-state index contributed by atoms with van der Waals surface area (Å²) in [6.07, 6.45) is 1.44. The molecule has 1 amide bonds. The Bertz CT molecular complexity index is 564. The third-order valence-corrected chi connectivity index (χ3v) is 4.53. The molecule has 1 heterocycles. The van der Waals surface area contributed by atoms with Crippen molar-refractivity contribution in [2.75, 3.05) is 31.2 Å². The highest BCUT2D eigenvalue weighted by atomic mass is 35.5. The average Bonchev–Trinajstić information content (AvgIpc) is 2.55. The van der Waals surface area contributed by atoms with Crippen molar-refractivity contribution >= 4 is 41.0 Å². The summed E-state index contributed by atoms with van der Waals surface area (Å²) in [5.74, 6) is 0.170. The summed E-state index contributed by atoms with van der Waals surface area (Å²) >= 11 is 13.0. The third kappa shape index (κ3) is 4.37. The van der Waals surface area contributed by atoms with Crippen LogP contribution in [0.15, 0.2) is 17.2 Å². The van der Waals surface area contributed by atoms with Crippen LogP contribution >= 0.6 is 23.2 Å². The van der Waals surface area contributed by atoms with Crippen LogP contribution in [-0.2, 0) is 9.53 Å². The van der Waals surface area contributed by atoms with Crippen LogP contribution in [0.25, 0.3) is 0 Å². The molecule has 0 radical (unpaired) electrons. The van der Waals surface area contributed by atoms with Gasteiger partial charge in [0, 0.05) is 24.6 Å². The molecule has 0 spiro atoms. The third-order valence-electron chi connectivity index (χ3n) is 3.96. The number of hydrogen-bond donors (Lipinski definition) is 1. The van der Waals surface area contributed by atoms with Crippen molar-refractivity contribution < 1.29 is 9.53 Å². The number of benzene rings is 1. The van der Waals surface area contributed by atoms with Gasteiger partial charge in [-0.15, -0.1) is 0 Å². The number of halogens is 2. The maximum Gasteiger partial charge on any atom is 0.227 e. The molecule has 1 aliphatic rings. The van der Waals surface area contributed by atoms with E-state index >= 15 is 0 Å². The number of carbonyl (C=O) groups is 1. The quantitative estimate of drug-likeness (QED) is 0.482. The second kappa shape index (κ2) is 8.52. The Kier molecular flexibility index (Phi) is 6.69. The molecular formula is C16H21Cl2N3O2. The number of nitrogens with zero attached hydrogens (tertiary/aromatic N) is 2. The lowest BCUT2D eigenvalue weighted by Crippen LogP contribution is -2.36. The van der Waals surface area contributed by atoms with Gasteiger partial charge in [-0.1, -0.05) is 37.0 Å². The number of nitrogens with one attached hydrogen (secondary N) is 1. The van der Waals surface area contributed by atoms with Crippen molar-refractivity contribution in [1.82, 2.24) is 5.43 Å². The molecule has 0 bridgehead atoms. The summed E-state index contributed by atoms with van der Waals surface area (Å²) in [6.45, 7) is 6.96. The Hall–Kier alpha value is -1.30. The van der Waals surface area contributed by atoms with Gasteiger partial charge in [0.2, 0.25) is 6.41 Å². The molecule has 1 N–H and O–H groups in total. The zero-order chi connectivity index (χ0) is 16.8. The van der Waals surface area contributed by atoms with E-state index in [1.807, 2.05) is 19.1 Å². The summed E-state index contributed by atoms with van der Waals surface area (Å²) in [6, 6.07) is 3.71. The van der Waals surface area contributed by atoms with Gasteiger partial charge in [0.25, 0.3) is 0 Å². The predicted octanol–water partition coefficient (Wildman–Crippen LogP) is 3.33. The van der Waals surface area contributed by atoms with E-state index in [1.165, 1.54) is 0 Å². The first kappa shape index (κ1) is 18.0. The van der Waals surface area contributed by atoms with Gasteiger partial charge in [0.05, 0.1) is 34.7 Å². The van der Waals surface area contributed by atoms with E-state index in [9.17, 15) is 4.79 Å². The van der Waals surface area contributed by atoms with Gasteiger partial charge < -0.3 is 9.64 Å². The highest BCUT2D eigenvalue weighted by Gasteiger charge is 2.21. The summed E-state index contributed by atoms with van der Waals surface area (Å²) in [5.41, 5.74) is 4.78. The summed E-state index contributed by atoms with van der Waals surface area (Å²) in [5, 5.41) is 5.32. The number of hydrogen-bond acceptors (Lipinski definition) is 4. The fraction of sp³-hybridized carbons (Fsp3) is 0.500. The molecule has 2 rings (SSSR count).